The van der Waals surface area contributed by atoms with Gasteiger partial charge in [-0.3, -0.25) is 14.4 Å². The molecule has 0 aliphatic rings. The number of hydrogen-bond donors (Lipinski definition) is 3. The summed E-state index contributed by atoms with van der Waals surface area (Å²) in [7, 11) is 0. The van der Waals surface area contributed by atoms with Crippen molar-refractivity contribution in [2.24, 2.45) is 0 Å². The van der Waals surface area contributed by atoms with E-state index in [1.165, 1.54) is 23.1 Å². The number of benzene rings is 6. The molecule has 3 N–H and O–H groups in total. The third-order valence-corrected chi connectivity index (χ3v) is 10.1. The van der Waals surface area contributed by atoms with Gasteiger partial charge in [0.25, 0.3) is 11.8 Å². The Bertz CT molecular complexity index is 2300. The lowest BCUT2D eigenvalue weighted by molar-refractivity contribution is -0.116. The fourth-order valence-corrected chi connectivity index (χ4v) is 7.32. The van der Waals surface area contributed by atoms with E-state index >= 15 is 0 Å². The molecular formula is C41H30N4O3S2. The summed E-state index contributed by atoms with van der Waals surface area (Å²) in [6.07, 6.45) is 1.69. The van der Waals surface area contributed by atoms with E-state index in [1.807, 2.05) is 115 Å². The molecule has 0 saturated heterocycles. The predicted octanol–water partition coefficient (Wildman–Crippen LogP) is 9.33. The Balaban J connectivity index is 1.11. The van der Waals surface area contributed by atoms with Gasteiger partial charge in [0.2, 0.25) is 5.91 Å². The number of amides is 3. The Hall–Kier alpha value is -6.03. The molecule has 9 heteroatoms. The lowest BCUT2D eigenvalue weighted by Gasteiger charge is -2.17. The average Bonchev–Trinajstić information content (AvgIpc) is 3.57. The first kappa shape index (κ1) is 32.5. The Morgan fingerprint density at radius 2 is 1.36 bits per heavy atom. The molecule has 1 atom stereocenters. The maximum absolute atomic E-state index is 13.7. The Morgan fingerprint density at radius 3 is 2.14 bits per heavy atom. The molecule has 244 valence electrons. The van der Waals surface area contributed by atoms with Gasteiger partial charge in [0.15, 0.2) is 5.13 Å². The van der Waals surface area contributed by atoms with Gasteiger partial charge >= 0.3 is 0 Å². The summed E-state index contributed by atoms with van der Waals surface area (Å²) in [5.74, 6) is -1.05. The van der Waals surface area contributed by atoms with Gasteiger partial charge in [-0.1, -0.05) is 114 Å². The van der Waals surface area contributed by atoms with Crippen LogP contribution in [0.25, 0.3) is 27.1 Å². The van der Waals surface area contributed by atoms with Crippen LogP contribution in [0.1, 0.15) is 26.7 Å². The smallest absolute Gasteiger partial charge is 0.272 e. The molecule has 0 saturated carbocycles. The first-order valence-electron chi connectivity index (χ1n) is 15.9. The highest BCUT2D eigenvalue weighted by molar-refractivity contribution is 8.00. The maximum Gasteiger partial charge on any atom is 0.272 e. The summed E-state index contributed by atoms with van der Waals surface area (Å²) < 4.78 is 0.999. The van der Waals surface area contributed by atoms with Crippen LogP contribution in [0.3, 0.4) is 0 Å². The van der Waals surface area contributed by atoms with Crippen LogP contribution in [0, 0.1) is 0 Å². The molecule has 3 amide bonds. The third kappa shape index (κ3) is 7.65. The fourth-order valence-electron chi connectivity index (χ4n) is 5.42. The fraction of sp³-hybridized carbons (Fsp3) is 0.0244. The zero-order valence-corrected chi connectivity index (χ0v) is 28.2. The Labute approximate surface area is 297 Å². The van der Waals surface area contributed by atoms with E-state index < -0.39 is 17.1 Å². The number of fused-ring (bicyclic) bond motifs is 2. The lowest BCUT2D eigenvalue weighted by Crippen LogP contribution is -2.30. The van der Waals surface area contributed by atoms with Crippen molar-refractivity contribution in [3.63, 3.8) is 0 Å². The van der Waals surface area contributed by atoms with Crippen LogP contribution in [0.2, 0.25) is 0 Å². The van der Waals surface area contributed by atoms with Gasteiger partial charge in [-0.25, -0.2) is 4.98 Å². The van der Waals surface area contributed by atoms with E-state index in [9.17, 15) is 14.4 Å². The molecule has 0 bridgehead atoms. The van der Waals surface area contributed by atoms with Gasteiger partial charge in [-0.2, -0.15) is 0 Å². The SMILES string of the molecule is O=C(Nc1ccc(SC(C(=O)Nc2nc3ccccc3s2)c2ccccc2)cc1)/C(=C/c1cccc2ccccc12)NC(=O)c1ccccc1. The number of nitrogens with one attached hydrogen (secondary N) is 3. The van der Waals surface area contributed by atoms with Crippen LogP contribution in [0.4, 0.5) is 10.8 Å². The van der Waals surface area contributed by atoms with Crippen LogP contribution in [0.5, 0.6) is 0 Å². The van der Waals surface area contributed by atoms with Crippen molar-refractivity contribution in [3.05, 3.63) is 174 Å². The van der Waals surface area contributed by atoms with Crippen molar-refractivity contribution < 1.29 is 14.4 Å². The van der Waals surface area contributed by atoms with Gasteiger partial charge < -0.3 is 16.0 Å². The largest absolute Gasteiger partial charge is 0.321 e. The minimum absolute atomic E-state index is 0.101. The van der Waals surface area contributed by atoms with Gasteiger partial charge in [0.1, 0.15) is 10.9 Å². The third-order valence-electron chi connectivity index (χ3n) is 7.88. The molecule has 0 fully saturated rings. The van der Waals surface area contributed by atoms with Crippen molar-refractivity contribution in [2.45, 2.75) is 10.1 Å². The predicted molar refractivity (Wildman–Crippen MR) is 204 cm³/mol. The van der Waals surface area contributed by atoms with Crippen LogP contribution in [-0.4, -0.2) is 22.7 Å². The number of anilines is 2. The first-order chi connectivity index (χ1) is 24.5. The second-order valence-corrected chi connectivity index (χ2v) is 13.5. The number of hydrogen-bond acceptors (Lipinski definition) is 6. The zero-order chi connectivity index (χ0) is 34.3. The summed E-state index contributed by atoms with van der Waals surface area (Å²) in [5.41, 5.74) is 3.56. The van der Waals surface area contributed by atoms with E-state index in [-0.39, 0.29) is 11.6 Å². The Kier molecular flexibility index (Phi) is 9.77. The van der Waals surface area contributed by atoms with E-state index in [2.05, 4.69) is 20.9 Å². The molecule has 1 heterocycles. The van der Waals surface area contributed by atoms with Crippen molar-refractivity contribution in [3.8, 4) is 0 Å². The molecule has 0 aliphatic heterocycles. The van der Waals surface area contributed by atoms with Crippen LogP contribution in [0.15, 0.2) is 162 Å². The first-order valence-corrected chi connectivity index (χ1v) is 17.5. The number of carbonyl (C=O) groups excluding carboxylic acids is 3. The summed E-state index contributed by atoms with van der Waals surface area (Å²) in [5, 5.41) is 10.7. The second-order valence-electron chi connectivity index (χ2n) is 11.3. The van der Waals surface area contributed by atoms with Gasteiger partial charge in [0.05, 0.1) is 10.2 Å². The van der Waals surface area contributed by atoms with Crippen molar-refractivity contribution in [1.29, 1.82) is 0 Å². The molecule has 6 aromatic carbocycles. The molecule has 7 nitrogen and oxygen atoms in total. The molecule has 0 spiro atoms. The normalized spacial score (nSPS) is 12.0. The van der Waals surface area contributed by atoms with Gasteiger partial charge in [-0.05, 0) is 76.5 Å². The number of rotatable bonds is 10. The van der Waals surface area contributed by atoms with E-state index in [4.69, 9.17) is 0 Å². The summed E-state index contributed by atoms with van der Waals surface area (Å²) in [6.45, 7) is 0. The molecular weight excluding hydrogens is 661 g/mol. The monoisotopic (exact) mass is 690 g/mol. The molecule has 7 aromatic rings. The molecule has 7 rings (SSSR count). The zero-order valence-electron chi connectivity index (χ0n) is 26.6. The van der Waals surface area contributed by atoms with Gasteiger partial charge in [0, 0.05) is 16.1 Å². The number of aromatic nitrogens is 1. The minimum atomic E-state index is -0.549. The Morgan fingerprint density at radius 1 is 0.680 bits per heavy atom. The number of thioether (sulfide) groups is 1. The highest BCUT2D eigenvalue weighted by Crippen LogP contribution is 2.37. The molecule has 1 unspecified atom stereocenters. The van der Waals surface area contributed by atoms with Crippen molar-refractivity contribution in [2.75, 3.05) is 10.6 Å². The minimum Gasteiger partial charge on any atom is -0.321 e. The van der Waals surface area contributed by atoms with E-state index in [0.717, 1.165) is 37.0 Å². The number of nitrogens with zero attached hydrogens (tertiary/aromatic N) is 1. The number of thiazole rings is 1. The van der Waals surface area contributed by atoms with Crippen LogP contribution >= 0.6 is 23.1 Å². The number of para-hydroxylation sites is 1. The summed E-state index contributed by atoms with van der Waals surface area (Å²) >= 11 is 2.84. The molecule has 0 aliphatic carbocycles. The average molecular weight is 691 g/mol. The standard InChI is InChI=1S/C41H30N4O3S2/c46-38(29-15-5-2-6-16-29)43-35(26-30-18-11-17-27-12-7-8-19-33(27)30)39(47)42-31-22-24-32(25-23-31)49-37(28-13-3-1-4-14-28)40(48)45-41-44-34-20-9-10-21-36(34)50-41/h1-26,37H,(H,42,47)(H,43,46)(H,44,45,48)/b35-26-. The lowest BCUT2D eigenvalue weighted by atomic mass is 10.0. The quantitative estimate of drug-likeness (QED) is 0.0981. The summed E-state index contributed by atoms with van der Waals surface area (Å²) in [6, 6.07) is 47.1. The van der Waals surface area contributed by atoms with E-state index in [1.54, 1.807) is 42.5 Å². The molecule has 0 radical (unpaired) electrons. The van der Waals surface area contributed by atoms with Crippen LogP contribution < -0.4 is 16.0 Å². The van der Waals surface area contributed by atoms with Crippen LogP contribution in [-0.2, 0) is 9.59 Å². The van der Waals surface area contributed by atoms with E-state index in [0.29, 0.717) is 16.4 Å². The number of carbonyl (C=O) groups is 3. The highest BCUT2D eigenvalue weighted by Gasteiger charge is 2.24. The molecule has 1 aromatic heterocycles. The molecule has 50 heavy (non-hydrogen) atoms. The topological polar surface area (TPSA) is 100 Å². The van der Waals surface area contributed by atoms with Gasteiger partial charge in [-0.15, -0.1) is 11.8 Å². The van der Waals surface area contributed by atoms with Crippen molar-refractivity contribution in [1.82, 2.24) is 10.3 Å². The van der Waals surface area contributed by atoms with Crippen molar-refractivity contribution >= 4 is 78.7 Å². The maximum atomic E-state index is 13.7. The summed E-state index contributed by atoms with van der Waals surface area (Å²) in [4.78, 5) is 46.0. The highest BCUT2D eigenvalue weighted by atomic mass is 32.2. The second kappa shape index (κ2) is 15.0.